The molecule has 2 aromatic rings. The molecule has 0 bridgehead atoms. The molecule has 2 heterocycles. The Morgan fingerprint density at radius 2 is 1.97 bits per heavy atom. The van der Waals surface area contributed by atoms with Crippen LogP contribution in [0.3, 0.4) is 0 Å². The van der Waals surface area contributed by atoms with E-state index in [1.807, 2.05) is 36.4 Å². The third-order valence-corrected chi connectivity index (χ3v) is 7.79. The average molecular weight is 488 g/mol. The molecule has 184 valence electrons. The molecule has 0 aliphatic carbocycles. The van der Waals surface area contributed by atoms with E-state index in [0.717, 1.165) is 36.9 Å². The Labute approximate surface area is 201 Å². The number of hydrogen-bond acceptors (Lipinski definition) is 6. The van der Waals surface area contributed by atoms with Crippen molar-refractivity contribution >= 4 is 21.6 Å². The van der Waals surface area contributed by atoms with Crippen molar-refractivity contribution in [3.8, 4) is 5.75 Å². The molecule has 1 amide bonds. The summed E-state index contributed by atoms with van der Waals surface area (Å²) < 4.78 is 31.4. The topological polar surface area (TPSA) is 90.4 Å². The van der Waals surface area contributed by atoms with Crippen molar-refractivity contribution in [2.45, 2.75) is 31.4 Å². The van der Waals surface area contributed by atoms with Crippen LogP contribution in [0.4, 0.5) is 5.69 Å². The molecule has 1 N–H and O–H groups in total. The van der Waals surface area contributed by atoms with Gasteiger partial charge in [-0.2, -0.15) is 0 Å². The fourth-order valence-corrected chi connectivity index (χ4v) is 5.74. The minimum Gasteiger partial charge on any atom is -0.484 e. The summed E-state index contributed by atoms with van der Waals surface area (Å²) in [6.45, 7) is 2.43. The lowest BCUT2D eigenvalue weighted by atomic mass is 10.0. The minimum absolute atomic E-state index is 0.114. The van der Waals surface area contributed by atoms with E-state index in [1.165, 1.54) is 10.6 Å². The number of rotatable bonds is 8. The van der Waals surface area contributed by atoms with Gasteiger partial charge in [-0.3, -0.25) is 14.0 Å². The highest BCUT2D eigenvalue weighted by Crippen LogP contribution is 2.32. The van der Waals surface area contributed by atoms with Crippen LogP contribution in [0.25, 0.3) is 0 Å². The van der Waals surface area contributed by atoms with Crippen molar-refractivity contribution in [2.24, 2.45) is 0 Å². The largest absolute Gasteiger partial charge is 0.484 e. The number of likely N-dealkylation sites (N-methyl/N-ethyl adjacent to an activating group) is 1. The van der Waals surface area contributed by atoms with E-state index in [1.54, 1.807) is 24.1 Å². The lowest BCUT2D eigenvalue weighted by Gasteiger charge is -2.32. The van der Waals surface area contributed by atoms with Gasteiger partial charge in [0.15, 0.2) is 6.61 Å². The van der Waals surface area contributed by atoms with Crippen LogP contribution in [0.2, 0.25) is 0 Å². The number of nitrogens with zero attached hydrogens (tertiary/aromatic N) is 3. The summed E-state index contributed by atoms with van der Waals surface area (Å²) >= 11 is 0. The number of amides is 1. The number of carbonyl (C=O) groups excluding carboxylic acids is 1. The van der Waals surface area contributed by atoms with Crippen LogP contribution < -0.4 is 9.04 Å². The summed E-state index contributed by atoms with van der Waals surface area (Å²) in [4.78, 5) is 17.0. The van der Waals surface area contributed by atoms with E-state index in [-0.39, 0.29) is 24.7 Å². The van der Waals surface area contributed by atoms with E-state index >= 15 is 0 Å². The molecule has 1 saturated heterocycles. The quantitative estimate of drug-likeness (QED) is 0.613. The second-order valence-electron chi connectivity index (χ2n) is 9.15. The second kappa shape index (κ2) is 10.3. The van der Waals surface area contributed by atoms with Crippen molar-refractivity contribution in [3.05, 3.63) is 59.7 Å². The number of sulfonamides is 1. The van der Waals surface area contributed by atoms with Gasteiger partial charge in [0, 0.05) is 33.2 Å². The highest BCUT2D eigenvalue weighted by Gasteiger charge is 2.29. The van der Waals surface area contributed by atoms with E-state index < -0.39 is 10.0 Å². The molecule has 4 rings (SSSR count). The molecule has 0 saturated carbocycles. The predicted molar refractivity (Wildman–Crippen MR) is 131 cm³/mol. The zero-order valence-electron chi connectivity index (χ0n) is 19.8. The van der Waals surface area contributed by atoms with Crippen LogP contribution in [-0.2, 0) is 21.2 Å². The summed E-state index contributed by atoms with van der Waals surface area (Å²) in [5.41, 5.74) is 2.63. The van der Waals surface area contributed by atoms with Crippen LogP contribution in [-0.4, -0.2) is 81.4 Å². The average Bonchev–Trinajstić information content (AvgIpc) is 3.24. The number of aliphatic hydroxyl groups excluding tert-OH is 1. The van der Waals surface area contributed by atoms with E-state index in [9.17, 15) is 18.3 Å². The molecular weight excluding hydrogens is 454 g/mol. The van der Waals surface area contributed by atoms with Gasteiger partial charge in [-0.05, 0) is 48.6 Å². The van der Waals surface area contributed by atoms with Gasteiger partial charge in [-0.15, -0.1) is 0 Å². The molecule has 2 atom stereocenters. The Hall–Kier alpha value is -2.62. The number of ether oxygens (including phenoxy) is 1. The van der Waals surface area contributed by atoms with Gasteiger partial charge in [0.1, 0.15) is 5.75 Å². The number of aliphatic hydroxyl groups is 1. The number of likely N-dealkylation sites (tertiary alicyclic amines) is 1. The first-order valence-electron chi connectivity index (χ1n) is 11.7. The zero-order chi connectivity index (χ0) is 24.3. The first-order valence-corrected chi connectivity index (χ1v) is 13.5. The highest BCUT2D eigenvalue weighted by molar-refractivity contribution is 7.92. The van der Waals surface area contributed by atoms with Crippen molar-refractivity contribution in [1.82, 2.24) is 9.80 Å². The maximum absolute atomic E-state index is 13.1. The second-order valence-corrected chi connectivity index (χ2v) is 11.1. The summed E-state index contributed by atoms with van der Waals surface area (Å²) in [6.07, 6.45) is 3.16. The zero-order valence-corrected chi connectivity index (χ0v) is 20.6. The molecule has 0 radical (unpaired) electrons. The van der Waals surface area contributed by atoms with Crippen LogP contribution in [0, 0.1) is 0 Å². The van der Waals surface area contributed by atoms with Gasteiger partial charge in [0.05, 0.1) is 24.1 Å². The number of fused-ring (bicyclic) bond motifs is 1. The Morgan fingerprint density at radius 1 is 1.21 bits per heavy atom. The Kier molecular flexibility index (Phi) is 7.45. The summed E-state index contributed by atoms with van der Waals surface area (Å²) in [5, 5.41) is 9.91. The first-order chi connectivity index (χ1) is 16.2. The maximum Gasteiger partial charge on any atom is 0.260 e. The third kappa shape index (κ3) is 5.71. The lowest BCUT2D eigenvalue weighted by molar-refractivity contribution is -0.134. The first kappa shape index (κ1) is 24.5. The van der Waals surface area contributed by atoms with Crippen molar-refractivity contribution in [1.29, 1.82) is 0 Å². The highest BCUT2D eigenvalue weighted by atomic mass is 32.2. The van der Waals surface area contributed by atoms with Crippen LogP contribution in [0.1, 0.15) is 30.0 Å². The fourth-order valence-electron chi connectivity index (χ4n) is 4.74. The SMILES string of the molecule is CN(C(=O)COc1ccc2c(c1)CCCN2S(C)(=O)=O)[C@H](CN1CC[C@H](O)C1)c1ccccc1. The number of β-amino-alcohol motifs (C(OH)–C–C–N with tert-alkyl or cyclic N) is 1. The van der Waals surface area contributed by atoms with Crippen molar-refractivity contribution in [3.63, 3.8) is 0 Å². The number of benzene rings is 2. The Balaban J connectivity index is 1.44. The molecule has 2 aromatic carbocycles. The Morgan fingerprint density at radius 3 is 2.65 bits per heavy atom. The van der Waals surface area contributed by atoms with Gasteiger partial charge >= 0.3 is 0 Å². The van der Waals surface area contributed by atoms with Crippen LogP contribution in [0.15, 0.2) is 48.5 Å². The molecule has 0 aromatic heterocycles. The van der Waals surface area contributed by atoms with Crippen molar-refractivity contribution < 1.29 is 23.1 Å². The molecule has 34 heavy (non-hydrogen) atoms. The van der Waals surface area contributed by atoms with E-state index in [4.69, 9.17) is 4.74 Å². The summed E-state index contributed by atoms with van der Waals surface area (Å²) in [6, 6.07) is 15.0. The number of hydrogen-bond donors (Lipinski definition) is 1. The summed E-state index contributed by atoms with van der Waals surface area (Å²) in [5.74, 6) is 0.402. The van der Waals surface area contributed by atoms with Gasteiger partial charge in [-0.25, -0.2) is 8.42 Å². The summed E-state index contributed by atoms with van der Waals surface area (Å²) in [7, 11) is -1.54. The molecule has 2 aliphatic heterocycles. The van der Waals surface area contributed by atoms with Gasteiger partial charge in [-0.1, -0.05) is 30.3 Å². The third-order valence-electron chi connectivity index (χ3n) is 6.61. The number of aryl methyl sites for hydroxylation is 1. The maximum atomic E-state index is 13.1. The Bertz CT molecular complexity index is 1110. The molecule has 8 nitrogen and oxygen atoms in total. The van der Waals surface area contributed by atoms with Crippen LogP contribution >= 0.6 is 0 Å². The standard InChI is InChI=1S/C25H33N3O5S/c1-26(24(19-7-4-3-5-8-19)17-27-14-12-21(29)16-27)25(30)18-33-22-10-11-23-20(15-22)9-6-13-28(23)34(2,31)32/h3-5,7-8,10-11,15,21,24,29H,6,9,12-14,16-18H2,1-2H3/t21-,24+/m0/s1. The molecule has 0 unspecified atom stereocenters. The molecular formula is C25H33N3O5S. The predicted octanol–water partition coefficient (Wildman–Crippen LogP) is 2.04. The van der Waals surface area contributed by atoms with Gasteiger partial charge < -0.3 is 14.7 Å². The normalized spacial score (nSPS) is 19.5. The molecule has 2 aliphatic rings. The number of carbonyl (C=O) groups is 1. The minimum atomic E-state index is -3.33. The van der Waals surface area contributed by atoms with Gasteiger partial charge in [0.25, 0.3) is 5.91 Å². The van der Waals surface area contributed by atoms with Crippen LogP contribution in [0.5, 0.6) is 5.75 Å². The van der Waals surface area contributed by atoms with Gasteiger partial charge in [0.2, 0.25) is 10.0 Å². The number of anilines is 1. The van der Waals surface area contributed by atoms with Crippen molar-refractivity contribution in [2.75, 3.05) is 50.4 Å². The molecule has 1 fully saturated rings. The lowest BCUT2D eigenvalue weighted by Crippen LogP contribution is -2.40. The molecule has 9 heteroatoms. The fraction of sp³-hybridized carbons (Fsp3) is 0.480. The smallest absolute Gasteiger partial charge is 0.260 e. The molecule has 0 spiro atoms. The van der Waals surface area contributed by atoms with E-state index in [2.05, 4.69) is 4.90 Å². The monoisotopic (exact) mass is 487 g/mol. The van der Waals surface area contributed by atoms with E-state index in [0.29, 0.717) is 31.1 Å².